The summed E-state index contributed by atoms with van der Waals surface area (Å²) in [6.45, 7) is 0. The van der Waals surface area contributed by atoms with E-state index in [2.05, 4.69) is 0 Å². The summed E-state index contributed by atoms with van der Waals surface area (Å²) >= 11 is 18.0. The second-order valence-corrected chi connectivity index (χ2v) is 6.33. The molecule has 25 heavy (non-hydrogen) atoms. The lowest BCUT2D eigenvalue weighted by Crippen LogP contribution is -1.91. The Bertz CT molecular complexity index is 940. The zero-order valence-electron chi connectivity index (χ0n) is 12.4. The number of hydrogen-bond donors (Lipinski definition) is 2. The summed E-state index contributed by atoms with van der Waals surface area (Å²) in [4.78, 5) is 0. The molecule has 0 atom stereocenters. The molecule has 0 fully saturated rings. The van der Waals surface area contributed by atoms with E-state index >= 15 is 0 Å². The summed E-state index contributed by atoms with van der Waals surface area (Å²) in [6, 6.07) is 11.2. The van der Waals surface area contributed by atoms with E-state index in [4.69, 9.17) is 39.5 Å². The molecule has 0 aromatic heterocycles. The van der Waals surface area contributed by atoms with Crippen LogP contribution in [0.3, 0.4) is 0 Å². The number of phenols is 2. The van der Waals surface area contributed by atoms with Crippen LogP contribution in [0.4, 0.5) is 4.39 Å². The maximum absolute atomic E-state index is 14.2. The van der Waals surface area contributed by atoms with Crippen LogP contribution >= 0.6 is 34.8 Å². The summed E-state index contributed by atoms with van der Waals surface area (Å²) < 4.78 is 19.7. The van der Waals surface area contributed by atoms with Crippen LogP contribution in [0.5, 0.6) is 23.0 Å². The van der Waals surface area contributed by atoms with Gasteiger partial charge in [0.1, 0.15) is 17.3 Å². The van der Waals surface area contributed by atoms with Gasteiger partial charge < -0.3 is 14.9 Å². The van der Waals surface area contributed by atoms with E-state index in [1.165, 1.54) is 36.4 Å². The molecule has 0 saturated carbocycles. The fourth-order valence-corrected chi connectivity index (χ4v) is 3.00. The number of phenolic OH excluding ortho intramolecular Hbond substituents is 2. The van der Waals surface area contributed by atoms with E-state index in [1.54, 1.807) is 6.07 Å². The van der Waals surface area contributed by atoms with Gasteiger partial charge in [-0.3, -0.25) is 0 Å². The van der Waals surface area contributed by atoms with Gasteiger partial charge in [-0.05, 0) is 42.5 Å². The smallest absolute Gasteiger partial charge is 0.169 e. The average Bonchev–Trinajstić information content (AvgIpc) is 2.55. The highest BCUT2D eigenvalue weighted by Crippen LogP contribution is 2.47. The SMILES string of the molecule is Oc1cccc(F)c1-c1c(Cl)ccc(Oc2ccc(Cl)cc2Cl)c1O. The first-order chi connectivity index (χ1) is 11.9. The number of aromatic hydroxyl groups is 2. The van der Waals surface area contributed by atoms with Crippen molar-refractivity contribution in [1.29, 1.82) is 0 Å². The Kier molecular flexibility index (Phi) is 4.95. The minimum absolute atomic E-state index is 0.00808. The van der Waals surface area contributed by atoms with E-state index in [0.717, 1.165) is 6.07 Å². The molecule has 0 unspecified atom stereocenters. The Hall–Kier alpha value is -2.14. The molecule has 3 rings (SSSR count). The van der Waals surface area contributed by atoms with Crippen molar-refractivity contribution in [3.8, 4) is 34.1 Å². The number of rotatable bonds is 3. The normalized spacial score (nSPS) is 10.7. The molecule has 7 heteroatoms. The minimum Gasteiger partial charge on any atom is -0.507 e. The standard InChI is InChI=1S/C18H10Cl3FO3/c19-9-4-6-14(11(21)8-9)25-15-7-5-10(20)16(18(15)24)17-12(22)2-1-3-13(17)23/h1-8,23-24H. The number of ether oxygens (including phenoxy) is 1. The molecule has 0 aliphatic heterocycles. The van der Waals surface area contributed by atoms with Crippen molar-refractivity contribution in [2.24, 2.45) is 0 Å². The summed E-state index contributed by atoms with van der Waals surface area (Å²) in [7, 11) is 0. The van der Waals surface area contributed by atoms with Crippen LogP contribution in [0.15, 0.2) is 48.5 Å². The highest BCUT2D eigenvalue weighted by molar-refractivity contribution is 6.35. The van der Waals surface area contributed by atoms with Crippen molar-refractivity contribution in [3.05, 3.63) is 69.4 Å². The Morgan fingerprint density at radius 3 is 2.20 bits per heavy atom. The lowest BCUT2D eigenvalue weighted by molar-refractivity contribution is 0.412. The molecule has 2 N–H and O–H groups in total. The van der Waals surface area contributed by atoms with E-state index in [0.29, 0.717) is 5.02 Å². The van der Waals surface area contributed by atoms with Crippen LogP contribution in [0, 0.1) is 5.82 Å². The first-order valence-electron chi connectivity index (χ1n) is 7.00. The molecular formula is C18H10Cl3FO3. The maximum atomic E-state index is 14.2. The number of benzene rings is 3. The Morgan fingerprint density at radius 2 is 1.52 bits per heavy atom. The highest BCUT2D eigenvalue weighted by atomic mass is 35.5. The van der Waals surface area contributed by atoms with Crippen LogP contribution in [0.1, 0.15) is 0 Å². The van der Waals surface area contributed by atoms with Crippen LogP contribution in [-0.2, 0) is 0 Å². The molecule has 0 saturated heterocycles. The topological polar surface area (TPSA) is 49.7 Å². The van der Waals surface area contributed by atoms with E-state index in [1.807, 2.05) is 0 Å². The molecule has 0 aliphatic carbocycles. The quantitative estimate of drug-likeness (QED) is 0.518. The third-order valence-corrected chi connectivity index (χ3v) is 4.29. The largest absolute Gasteiger partial charge is 0.507 e. The predicted molar refractivity (Wildman–Crippen MR) is 96.7 cm³/mol. The van der Waals surface area contributed by atoms with Gasteiger partial charge in [-0.1, -0.05) is 40.9 Å². The average molecular weight is 400 g/mol. The van der Waals surface area contributed by atoms with Gasteiger partial charge in [-0.15, -0.1) is 0 Å². The molecule has 3 aromatic rings. The molecule has 0 bridgehead atoms. The second kappa shape index (κ2) is 7.00. The van der Waals surface area contributed by atoms with E-state index in [9.17, 15) is 14.6 Å². The maximum Gasteiger partial charge on any atom is 0.169 e. The summed E-state index contributed by atoms with van der Waals surface area (Å²) in [5.41, 5.74) is -0.308. The van der Waals surface area contributed by atoms with E-state index < -0.39 is 11.6 Å². The van der Waals surface area contributed by atoms with Crippen molar-refractivity contribution in [1.82, 2.24) is 0 Å². The molecule has 0 heterocycles. The minimum atomic E-state index is -0.737. The predicted octanol–water partition coefficient (Wildman–Crippen LogP) is 6.66. The van der Waals surface area contributed by atoms with Gasteiger partial charge >= 0.3 is 0 Å². The van der Waals surface area contributed by atoms with Gasteiger partial charge in [0.15, 0.2) is 11.5 Å². The molecule has 3 aromatic carbocycles. The zero-order chi connectivity index (χ0) is 18.1. The number of halogens is 4. The van der Waals surface area contributed by atoms with Crippen LogP contribution in [0.25, 0.3) is 11.1 Å². The molecule has 0 radical (unpaired) electrons. The van der Waals surface area contributed by atoms with Crippen molar-refractivity contribution in [3.63, 3.8) is 0 Å². The third kappa shape index (κ3) is 3.47. The summed E-state index contributed by atoms with van der Waals surface area (Å²) in [6.07, 6.45) is 0. The molecular weight excluding hydrogens is 390 g/mol. The highest BCUT2D eigenvalue weighted by Gasteiger charge is 2.21. The lowest BCUT2D eigenvalue weighted by atomic mass is 10.0. The molecule has 3 nitrogen and oxygen atoms in total. The Balaban J connectivity index is 2.12. The van der Waals surface area contributed by atoms with Gasteiger partial charge in [-0.2, -0.15) is 0 Å². The van der Waals surface area contributed by atoms with Gasteiger partial charge in [0.05, 0.1) is 21.2 Å². The van der Waals surface area contributed by atoms with Gasteiger partial charge in [0, 0.05) is 5.02 Å². The fraction of sp³-hybridized carbons (Fsp3) is 0. The molecule has 0 aliphatic rings. The zero-order valence-corrected chi connectivity index (χ0v) is 14.7. The van der Waals surface area contributed by atoms with Crippen molar-refractivity contribution >= 4 is 34.8 Å². The lowest BCUT2D eigenvalue weighted by Gasteiger charge is -2.15. The van der Waals surface area contributed by atoms with Crippen molar-refractivity contribution in [2.75, 3.05) is 0 Å². The van der Waals surface area contributed by atoms with Crippen LogP contribution in [-0.4, -0.2) is 10.2 Å². The molecule has 128 valence electrons. The van der Waals surface area contributed by atoms with Gasteiger partial charge in [0.25, 0.3) is 0 Å². The Morgan fingerprint density at radius 1 is 0.800 bits per heavy atom. The van der Waals surface area contributed by atoms with E-state index in [-0.39, 0.29) is 38.4 Å². The first-order valence-corrected chi connectivity index (χ1v) is 8.14. The molecule has 0 amide bonds. The monoisotopic (exact) mass is 398 g/mol. The summed E-state index contributed by atoms with van der Waals surface area (Å²) in [5.74, 6) is -1.30. The fourth-order valence-electron chi connectivity index (χ4n) is 2.30. The molecule has 0 spiro atoms. The van der Waals surface area contributed by atoms with Crippen molar-refractivity contribution < 1.29 is 19.3 Å². The van der Waals surface area contributed by atoms with Gasteiger partial charge in [0.2, 0.25) is 0 Å². The Labute approximate surface area is 157 Å². The van der Waals surface area contributed by atoms with Crippen molar-refractivity contribution in [2.45, 2.75) is 0 Å². The first kappa shape index (κ1) is 17.7. The third-order valence-electron chi connectivity index (χ3n) is 3.45. The summed E-state index contributed by atoms with van der Waals surface area (Å²) in [5, 5.41) is 21.2. The number of hydrogen-bond acceptors (Lipinski definition) is 3. The van der Waals surface area contributed by atoms with Crippen LogP contribution in [0.2, 0.25) is 15.1 Å². The van der Waals surface area contributed by atoms with Gasteiger partial charge in [-0.25, -0.2) is 4.39 Å². The second-order valence-electron chi connectivity index (χ2n) is 5.08. The van der Waals surface area contributed by atoms with Crippen LogP contribution < -0.4 is 4.74 Å².